The molecule has 0 nitrogen and oxygen atoms in total. The van der Waals surface area contributed by atoms with Gasteiger partial charge < -0.3 is 0 Å². The van der Waals surface area contributed by atoms with Crippen LogP contribution in [0.15, 0.2) is 72.8 Å². The van der Waals surface area contributed by atoms with Crippen LogP contribution in [0, 0.1) is 11.8 Å². The molecule has 0 fully saturated rings. The first-order valence-electron chi connectivity index (χ1n) is 7.92. The minimum absolute atomic E-state index is 0.288. The van der Waals surface area contributed by atoms with Crippen molar-refractivity contribution in [3.8, 4) is 11.8 Å². The van der Waals surface area contributed by atoms with Gasteiger partial charge in [-0.3, -0.25) is 0 Å². The molecule has 1 atom stereocenters. The van der Waals surface area contributed by atoms with Gasteiger partial charge in [-0.15, -0.1) is 0 Å². The van der Waals surface area contributed by atoms with Crippen LogP contribution < -0.4 is 0 Å². The molecule has 108 valence electrons. The maximum Gasteiger partial charge on any atom is 0.0462 e. The van der Waals surface area contributed by atoms with Gasteiger partial charge in [0.1, 0.15) is 0 Å². The number of benzene rings is 3. The zero-order chi connectivity index (χ0) is 15.2. The zero-order valence-corrected chi connectivity index (χ0v) is 12.9. The highest BCUT2D eigenvalue weighted by Crippen LogP contribution is 2.28. The Hall–Kier alpha value is -2.52. The molecule has 0 radical (unpaired) electrons. The average Bonchev–Trinajstić information content (AvgIpc) is 2.59. The number of fused-ring (bicyclic) bond motifs is 1. The van der Waals surface area contributed by atoms with E-state index in [-0.39, 0.29) is 5.92 Å². The molecule has 0 saturated heterocycles. The lowest BCUT2D eigenvalue weighted by Crippen LogP contribution is -1.97. The van der Waals surface area contributed by atoms with E-state index < -0.39 is 0 Å². The third-order valence-corrected chi connectivity index (χ3v) is 3.94. The second-order valence-corrected chi connectivity index (χ2v) is 5.54. The summed E-state index contributed by atoms with van der Waals surface area (Å²) in [7, 11) is 0. The van der Waals surface area contributed by atoms with Gasteiger partial charge in [0.15, 0.2) is 0 Å². The summed E-state index contributed by atoms with van der Waals surface area (Å²) in [4.78, 5) is 0. The highest BCUT2D eigenvalue weighted by Gasteiger charge is 2.10. The molecule has 1 unspecified atom stereocenters. The quantitative estimate of drug-likeness (QED) is 0.535. The molecule has 0 bridgehead atoms. The van der Waals surface area contributed by atoms with Gasteiger partial charge in [-0.1, -0.05) is 85.8 Å². The molecule has 0 heteroatoms. The molecule has 0 aliphatic rings. The van der Waals surface area contributed by atoms with E-state index in [9.17, 15) is 0 Å². The fourth-order valence-electron chi connectivity index (χ4n) is 2.84. The molecule has 0 aliphatic heterocycles. The first kappa shape index (κ1) is 14.4. The highest BCUT2D eigenvalue weighted by molar-refractivity contribution is 5.86. The van der Waals surface area contributed by atoms with E-state index in [4.69, 9.17) is 0 Å². The third-order valence-electron chi connectivity index (χ3n) is 3.94. The van der Waals surface area contributed by atoms with E-state index in [1.807, 2.05) is 18.2 Å². The number of hydrogen-bond donors (Lipinski definition) is 0. The lowest BCUT2D eigenvalue weighted by atomic mass is 9.90. The average molecular weight is 284 g/mol. The van der Waals surface area contributed by atoms with Crippen molar-refractivity contribution in [1.82, 2.24) is 0 Å². The lowest BCUT2D eigenvalue weighted by molar-refractivity contribution is 0.738. The van der Waals surface area contributed by atoms with Crippen LogP contribution >= 0.6 is 0 Å². The topological polar surface area (TPSA) is 0 Å². The molecule has 3 aromatic rings. The summed E-state index contributed by atoms with van der Waals surface area (Å²) in [5.41, 5.74) is 2.44. The van der Waals surface area contributed by atoms with Gasteiger partial charge in [0.2, 0.25) is 0 Å². The van der Waals surface area contributed by atoms with Gasteiger partial charge in [0.25, 0.3) is 0 Å². The summed E-state index contributed by atoms with van der Waals surface area (Å²) >= 11 is 0. The highest BCUT2D eigenvalue weighted by atomic mass is 14.1. The molecule has 3 aromatic carbocycles. The van der Waals surface area contributed by atoms with Crippen molar-refractivity contribution in [2.75, 3.05) is 0 Å². The summed E-state index contributed by atoms with van der Waals surface area (Å²) in [6.07, 6.45) is 2.23. The van der Waals surface area contributed by atoms with Crippen LogP contribution in [0.5, 0.6) is 0 Å². The largest absolute Gasteiger partial charge is 0.0897 e. The van der Waals surface area contributed by atoms with Crippen LogP contribution in [0.3, 0.4) is 0 Å². The summed E-state index contributed by atoms with van der Waals surface area (Å²) in [5, 5.41) is 2.62. The fraction of sp³-hybridized carbons (Fsp3) is 0.182. The van der Waals surface area contributed by atoms with Crippen molar-refractivity contribution in [1.29, 1.82) is 0 Å². The van der Waals surface area contributed by atoms with Gasteiger partial charge >= 0.3 is 0 Å². The third kappa shape index (κ3) is 3.21. The Bertz CT molecular complexity index is 798. The molecule has 0 heterocycles. The molecular formula is C22H20. The molecule has 0 spiro atoms. The van der Waals surface area contributed by atoms with Crippen molar-refractivity contribution >= 4 is 10.8 Å². The summed E-state index contributed by atoms with van der Waals surface area (Å²) in [5.74, 6) is 7.13. The second kappa shape index (κ2) is 6.96. The minimum atomic E-state index is 0.288. The molecule has 0 N–H and O–H groups in total. The predicted molar refractivity (Wildman–Crippen MR) is 94.9 cm³/mol. The van der Waals surface area contributed by atoms with E-state index in [2.05, 4.69) is 73.4 Å². The fourth-order valence-corrected chi connectivity index (χ4v) is 2.84. The maximum absolute atomic E-state index is 3.50. The van der Waals surface area contributed by atoms with E-state index >= 15 is 0 Å². The molecule has 0 amide bonds. The predicted octanol–water partition coefficient (Wildman–Crippen LogP) is 5.78. The van der Waals surface area contributed by atoms with E-state index in [1.165, 1.54) is 16.3 Å². The van der Waals surface area contributed by atoms with Crippen LogP contribution in [-0.4, -0.2) is 0 Å². The normalized spacial score (nSPS) is 11.7. The van der Waals surface area contributed by atoms with E-state index in [0.717, 1.165) is 18.4 Å². The van der Waals surface area contributed by atoms with Gasteiger partial charge in [0, 0.05) is 11.5 Å². The minimum Gasteiger partial charge on any atom is -0.0897 e. The maximum atomic E-state index is 3.50. The molecule has 0 aliphatic carbocycles. The van der Waals surface area contributed by atoms with Gasteiger partial charge in [-0.05, 0) is 34.9 Å². The SMILES string of the molecule is CCCC(C#Cc1ccccc1)c1cccc2ccccc12. The van der Waals surface area contributed by atoms with Gasteiger partial charge in [-0.2, -0.15) is 0 Å². The van der Waals surface area contributed by atoms with Crippen LogP contribution in [0.1, 0.15) is 36.8 Å². The smallest absolute Gasteiger partial charge is 0.0462 e. The van der Waals surface area contributed by atoms with Gasteiger partial charge in [0.05, 0.1) is 0 Å². The standard InChI is InChI=1S/C22H20/c1-2-9-19(17-16-18-10-4-3-5-11-18)22-15-8-13-20-12-6-7-14-21(20)22/h3-8,10-15,19H,2,9H2,1H3. The summed E-state index contributed by atoms with van der Waals surface area (Å²) in [6.45, 7) is 2.22. The van der Waals surface area contributed by atoms with Crippen LogP contribution in [0.4, 0.5) is 0 Å². The van der Waals surface area contributed by atoms with Crippen LogP contribution in [0.2, 0.25) is 0 Å². The van der Waals surface area contributed by atoms with Crippen molar-refractivity contribution in [2.24, 2.45) is 0 Å². The molecule has 22 heavy (non-hydrogen) atoms. The Kier molecular flexibility index (Phi) is 4.56. The Labute approximate surface area is 132 Å². The van der Waals surface area contributed by atoms with Crippen LogP contribution in [0.25, 0.3) is 10.8 Å². The first-order chi connectivity index (χ1) is 10.9. The van der Waals surface area contributed by atoms with Crippen LogP contribution in [-0.2, 0) is 0 Å². The molecule has 3 rings (SSSR count). The Morgan fingerprint density at radius 2 is 1.55 bits per heavy atom. The van der Waals surface area contributed by atoms with Crippen molar-refractivity contribution < 1.29 is 0 Å². The van der Waals surface area contributed by atoms with Gasteiger partial charge in [-0.25, -0.2) is 0 Å². The molecule has 0 saturated carbocycles. The zero-order valence-electron chi connectivity index (χ0n) is 12.9. The lowest BCUT2D eigenvalue weighted by Gasteiger charge is -2.13. The Morgan fingerprint density at radius 1 is 0.818 bits per heavy atom. The molecule has 0 aromatic heterocycles. The van der Waals surface area contributed by atoms with E-state index in [1.54, 1.807) is 0 Å². The second-order valence-electron chi connectivity index (χ2n) is 5.54. The Morgan fingerprint density at radius 3 is 2.36 bits per heavy atom. The summed E-state index contributed by atoms with van der Waals surface area (Å²) < 4.78 is 0. The Balaban J connectivity index is 2.02. The monoisotopic (exact) mass is 284 g/mol. The van der Waals surface area contributed by atoms with Crippen molar-refractivity contribution in [2.45, 2.75) is 25.7 Å². The number of hydrogen-bond acceptors (Lipinski definition) is 0. The molecular weight excluding hydrogens is 264 g/mol. The van der Waals surface area contributed by atoms with Crippen molar-refractivity contribution in [3.05, 3.63) is 83.9 Å². The van der Waals surface area contributed by atoms with E-state index in [0.29, 0.717) is 0 Å². The first-order valence-corrected chi connectivity index (χ1v) is 7.92. The van der Waals surface area contributed by atoms with Crippen molar-refractivity contribution in [3.63, 3.8) is 0 Å². The summed E-state index contributed by atoms with van der Waals surface area (Å²) in [6, 6.07) is 25.4. The number of rotatable bonds is 3.